The summed E-state index contributed by atoms with van der Waals surface area (Å²) >= 11 is 8.08. The SMILES string of the molecule is N#Cc1c(C(=C(c2ccc(F)cc2Cl)C2CCC2)c2ccc(C=CC(=O)O)cc2)ccc2scnc12. The molecule has 7 heteroatoms. The Morgan fingerprint density at radius 3 is 2.53 bits per heavy atom. The molecule has 0 unspecified atom stereocenters. The zero-order chi connectivity index (χ0) is 25.2. The van der Waals surface area contributed by atoms with Gasteiger partial charge in [0.25, 0.3) is 0 Å². The lowest BCUT2D eigenvalue weighted by molar-refractivity contribution is -0.131. The van der Waals surface area contributed by atoms with Crippen LogP contribution in [0.5, 0.6) is 0 Å². The smallest absolute Gasteiger partial charge is 0.328 e. The van der Waals surface area contributed by atoms with E-state index < -0.39 is 11.8 Å². The fraction of sp³-hybridized carbons (Fsp3) is 0.138. The van der Waals surface area contributed by atoms with Gasteiger partial charge in [-0.2, -0.15) is 5.26 Å². The predicted octanol–water partition coefficient (Wildman–Crippen LogP) is 7.82. The van der Waals surface area contributed by atoms with Crippen LogP contribution in [0.15, 0.2) is 66.2 Å². The van der Waals surface area contributed by atoms with E-state index >= 15 is 0 Å². The average molecular weight is 515 g/mol. The van der Waals surface area contributed by atoms with E-state index in [-0.39, 0.29) is 5.92 Å². The minimum Gasteiger partial charge on any atom is -0.478 e. The summed E-state index contributed by atoms with van der Waals surface area (Å²) in [5, 5.41) is 19.5. The molecule has 178 valence electrons. The topological polar surface area (TPSA) is 74.0 Å². The summed E-state index contributed by atoms with van der Waals surface area (Å²) in [6.45, 7) is 0. The number of thiazole rings is 1. The molecule has 1 saturated carbocycles. The Labute approximate surface area is 216 Å². The molecule has 1 aromatic heterocycles. The van der Waals surface area contributed by atoms with Gasteiger partial charge in [0.2, 0.25) is 0 Å². The van der Waals surface area contributed by atoms with Gasteiger partial charge in [-0.1, -0.05) is 54.4 Å². The Balaban J connectivity index is 1.82. The Kier molecular flexibility index (Phi) is 6.69. The molecule has 0 bridgehead atoms. The van der Waals surface area contributed by atoms with E-state index in [1.807, 2.05) is 36.4 Å². The molecule has 36 heavy (non-hydrogen) atoms. The zero-order valence-electron chi connectivity index (χ0n) is 19.0. The normalized spacial score (nSPS) is 14.5. The maximum absolute atomic E-state index is 14.0. The van der Waals surface area contributed by atoms with Gasteiger partial charge in [0.1, 0.15) is 11.9 Å². The minimum atomic E-state index is -1.02. The van der Waals surface area contributed by atoms with Crippen LogP contribution >= 0.6 is 22.9 Å². The number of carbonyl (C=O) groups is 1. The molecule has 1 aliphatic rings. The van der Waals surface area contributed by atoms with E-state index in [2.05, 4.69) is 11.1 Å². The average Bonchev–Trinajstić information content (AvgIpc) is 3.31. The molecule has 4 aromatic rings. The second-order valence-electron chi connectivity index (χ2n) is 8.63. The number of aromatic nitrogens is 1. The van der Waals surface area contributed by atoms with Gasteiger partial charge >= 0.3 is 5.97 Å². The maximum atomic E-state index is 14.0. The molecule has 0 saturated heterocycles. The van der Waals surface area contributed by atoms with Crippen LogP contribution in [0.3, 0.4) is 0 Å². The molecular weight excluding hydrogens is 495 g/mol. The van der Waals surface area contributed by atoms with Crippen LogP contribution in [0.4, 0.5) is 4.39 Å². The van der Waals surface area contributed by atoms with Crippen molar-refractivity contribution in [3.05, 3.63) is 105 Å². The predicted molar refractivity (Wildman–Crippen MR) is 142 cm³/mol. The lowest BCUT2D eigenvalue weighted by atomic mass is 9.72. The number of fused-ring (bicyclic) bond motifs is 1. The summed E-state index contributed by atoms with van der Waals surface area (Å²) in [5.41, 5.74) is 7.77. The maximum Gasteiger partial charge on any atom is 0.328 e. The zero-order valence-corrected chi connectivity index (χ0v) is 20.6. The fourth-order valence-electron chi connectivity index (χ4n) is 4.60. The molecule has 0 radical (unpaired) electrons. The van der Waals surface area contributed by atoms with Gasteiger partial charge < -0.3 is 5.11 Å². The number of carboxylic acids is 1. The fourth-order valence-corrected chi connectivity index (χ4v) is 5.55. The lowest BCUT2D eigenvalue weighted by Crippen LogP contribution is -2.16. The molecular formula is C29H20ClFN2O2S. The summed E-state index contributed by atoms with van der Waals surface area (Å²) in [7, 11) is 0. The van der Waals surface area contributed by atoms with Crippen molar-refractivity contribution in [3.8, 4) is 6.07 Å². The number of benzene rings is 3. The first kappa shape index (κ1) is 23.9. The van der Waals surface area contributed by atoms with Crippen molar-refractivity contribution < 1.29 is 14.3 Å². The van der Waals surface area contributed by atoms with Crippen molar-refractivity contribution in [1.82, 2.24) is 4.98 Å². The molecule has 0 atom stereocenters. The van der Waals surface area contributed by atoms with Crippen molar-refractivity contribution in [2.24, 2.45) is 5.92 Å². The largest absolute Gasteiger partial charge is 0.478 e. The minimum absolute atomic E-state index is 0.201. The Morgan fingerprint density at radius 1 is 1.14 bits per heavy atom. The second kappa shape index (κ2) is 10.1. The molecule has 0 aliphatic heterocycles. The molecule has 5 rings (SSSR count). The molecule has 4 nitrogen and oxygen atoms in total. The number of allylic oxidation sites excluding steroid dienone is 1. The number of hydrogen-bond acceptors (Lipinski definition) is 4. The van der Waals surface area contributed by atoms with Crippen molar-refractivity contribution in [2.75, 3.05) is 0 Å². The van der Waals surface area contributed by atoms with E-state index in [0.29, 0.717) is 16.1 Å². The third-order valence-electron chi connectivity index (χ3n) is 6.51. The molecule has 1 aliphatic carbocycles. The summed E-state index contributed by atoms with van der Waals surface area (Å²) in [5.74, 6) is -1.23. The van der Waals surface area contributed by atoms with Crippen molar-refractivity contribution in [1.29, 1.82) is 5.26 Å². The monoisotopic (exact) mass is 514 g/mol. The Morgan fingerprint density at radius 2 is 1.89 bits per heavy atom. The number of hydrogen-bond donors (Lipinski definition) is 1. The first-order valence-corrected chi connectivity index (χ1v) is 12.7. The third-order valence-corrected chi connectivity index (χ3v) is 7.61. The van der Waals surface area contributed by atoms with E-state index in [0.717, 1.165) is 63.4 Å². The van der Waals surface area contributed by atoms with E-state index in [1.165, 1.54) is 29.5 Å². The highest BCUT2D eigenvalue weighted by molar-refractivity contribution is 7.16. The number of aliphatic carboxylic acids is 1. The van der Waals surface area contributed by atoms with Gasteiger partial charge in [0.15, 0.2) is 0 Å². The standard InChI is InChI=1S/C29H20ClFN2O2S/c30-24-14-20(31)9-10-22(24)28(18-2-1-3-18)27(19-7-4-17(5-8-19)6-13-26(34)35)21-11-12-25-29(23(21)15-32)33-16-36-25/h4-14,16,18H,1-3H2,(H,34,35). The number of nitrogens with zero attached hydrogens (tertiary/aromatic N) is 2. The number of halogens is 2. The number of rotatable bonds is 6. The van der Waals surface area contributed by atoms with Crippen LogP contribution in [0.2, 0.25) is 5.02 Å². The van der Waals surface area contributed by atoms with Gasteiger partial charge in [-0.3, -0.25) is 0 Å². The summed E-state index contributed by atoms with van der Waals surface area (Å²) in [6.07, 6.45) is 5.63. The molecule has 1 fully saturated rings. The van der Waals surface area contributed by atoms with E-state index in [9.17, 15) is 14.4 Å². The number of carboxylic acid groups (broad SMARTS) is 1. The van der Waals surface area contributed by atoms with E-state index in [1.54, 1.807) is 11.6 Å². The second-order valence-corrected chi connectivity index (χ2v) is 9.93. The van der Waals surface area contributed by atoms with Gasteiger partial charge in [0, 0.05) is 11.6 Å². The van der Waals surface area contributed by atoms with Crippen LogP contribution in [0, 0.1) is 23.1 Å². The van der Waals surface area contributed by atoms with Crippen LogP contribution in [0.25, 0.3) is 27.4 Å². The van der Waals surface area contributed by atoms with E-state index in [4.69, 9.17) is 16.7 Å². The van der Waals surface area contributed by atoms with Gasteiger partial charge in [-0.15, -0.1) is 11.3 Å². The highest BCUT2D eigenvalue weighted by Crippen LogP contribution is 2.47. The van der Waals surface area contributed by atoms with Crippen molar-refractivity contribution >= 4 is 56.3 Å². The number of nitriles is 1. The first-order valence-electron chi connectivity index (χ1n) is 11.4. The third kappa shape index (κ3) is 4.56. The van der Waals surface area contributed by atoms with Crippen molar-refractivity contribution in [3.63, 3.8) is 0 Å². The molecule has 1 heterocycles. The molecule has 0 amide bonds. The van der Waals surface area contributed by atoms with Gasteiger partial charge in [-0.25, -0.2) is 14.2 Å². The highest BCUT2D eigenvalue weighted by Gasteiger charge is 2.30. The summed E-state index contributed by atoms with van der Waals surface area (Å²) in [4.78, 5) is 15.4. The molecule has 1 N–H and O–H groups in total. The van der Waals surface area contributed by atoms with Gasteiger partial charge in [0.05, 0.1) is 26.3 Å². The van der Waals surface area contributed by atoms with Crippen molar-refractivity contribution in [2.45, 2.75) is 19.3 Å². The van der Waals surface area contributed by atoms with Crippen LogP contribution < -0.4 is 0 Å². The quantitative estimate of drug-likeness (QED) is 0.210. The molecule has 0 spiro atoms. The Hall–Kier alpha value is -3.79. The van der Waals surface area contributed by atoms with Crippen LogP contribution in [-0.4, -0.2) is 16.1 Å². The lowest BCUT2D eigenvalue weighted by Gasteiger charge is -2.32. The summed E-state index contributed by atoms with van der Waals surface area (Å²) in [6, 6.07) is 18.2. The van der Waals surface area contributed by atoms with Crippen LogP contribution in [-0.2, 0) is 4.79 Å². The highest BCUT2D eigenvalue weighted by atomic mass is 35.5. The van der Waals surface area contributed by atoms with Crippen LogP contribution in [0.1, 0.15) is 47.1 Å². The Bertz CT molecular complexity index is 1580. The molecule has 3 aromatic carbocycles. The first-order chi connectivity index (χ1) is 17.5. The summed E-state index contributed by atoms with van der Waals surface area (Å²) < 4.78 is 14.9. The van der Waals surface area contributed by atoms with Gasteiger partial charge in [-0.05, 0) is 70.9 Å².